The topological polar surface area (TPSA) is 119 Å². The molecular formula is C21H17N3O5Se. The summed E-state index contributed by atoms with van der Waals surface area (Å²) in [4.78, 5) is 26.2. The quantitative estimate of drug-likeness (QED) is 0.246. The van der Waals surface area contributed by atoms with Crippen LogP contribution in [0.3, 0.4) is 0 Å². The van der Waals surface area contributed by atoms with Gasteiger partial charge in [0.05, 0.1) is 0 Å². The first-order valence-electron chi connectivity index (χ1n) is 8.80. The van der Waals surface area contributed by atoms with Crippen LogP contribution in [0.2, 0.25) is 0 Å². The molecule has 0 aromatic heterocycles. The van der Waals surface area contributed by atoms with Crippen LogP contribution in [0.5, 0.6) is 0 Å². The Balaban J connectivity index is 1.64. The van der Waals surface area contributed by atoms with Gasteiger partial charge in [-0.3, -0.25) is 0 Å². The van der Waals surface area contributed by atoms with Crippen LogP contribution in [0.1, 0.15) is 5.56 Å². The number of carbonyl (C=O) groups is 1. The Hall–Kier alpha value is -3.68. The van der Waals surface area contributed by atoms with Gasteiger partial charge in [-0.15, -0.1) is 0 Å². The summed E-state index contributed by atoms with van der Waals surface area (Å²) >= 11 is -4.70. The standard InChI is InChI=1S/C21H17N3O5Se/c25-21(15-22-14-16-4-2-1-3-5-16)23-17-6-10-19(11-7-17)30(28,29)20-12-8-18(9-13-20)24(26)27/h1-14H,15H2,(H,23,25). The van der Waals surface area contributed by atoms with E-state index >= 15 is 0 Å². The minimum atomic E-state index is -4.70. The number of non-ortho nitro benzene ring substituents is 1. The van der Waals surface area contributed by atoms with Gasteiger partial charge in [-0.1, -0.05) is 6.07 Å². The van der Waals surface area contributed by atoms with E-state index in [9.17, 15) is 22.6 Å². The van der Waals surface area contributed by atoms with E-state index in [0.717, 1.165) is 17.7 Å². The van der Waals surface area contributed by atoms with Crippen molar-refractivity contribution < 1.29 is 17.4 Å². The first-order chi connectivity index (χ1) is 14.4. The molecule has 0 atom stereocenters. The molecule has 0 radical (unpaired) electrons. The molecule has 1 amide bonds. The van der Waals surface area contributed by atoms with E-state index in [1.54, 1.807) is 6.21 Å². The second kappa shape index (κ2) is 9.21. The molecule has 152 valence electrons. The summed E-state index contributed by atoms with van der Waals surface area (Å²) in [5, 5.41) is 13.4. The second-order valence-corrected chi connectivity index (χ2v) is 10.3. The number of nitro benzene ring substituents is 1. The third kappa shape index (κ3) is 5.22. The molecule has 0 unspecified atom stereocenters. The molecular weight excluding hydrogens is 453 g/mol. The summed E-state index contributed by atoms with van der Waals surface area (Å²) in [5.41, 5.74) is 1.14. The van der Waals surface area contributed by atoms with Gasteiger partial charge in [-0.2, -0.15) is 0 Å². The molecule has 3 rings (SSSR count). The molecule has 0 bridgehead atoms. The van der Waals surface area contributed by atoms with Crippen LogP contribution < -0.4 is 14.2 Å². The van der Waals surface area contributed by atoms with Gasteiger partial charge in [0.15, 0.2) is 0 Å². The Morgan fingerprint density at radius 2 is 1.50 bits per heavy atom. The number of hydrogen-bond donors (Lipinski definition) is 1. The number of nitrogens with one attached hydrogen (secondary N) is 1. The number of hydrogen-bond acceptors (Lipinski definition) is 6. The van der Waals surface area contributed by atoms with E-state index in [4.69, 9.17) is 0 Å². The molecule has 1 N–H and O–H groups in total. The number of anilines is 1. The fraction of sp³-hybridized carbons (Fsp3) is 0.0476. The second-order valence-electron chi connectivity index (χ2n) is 6.21. The van der Waals surface area contributed by atoms with E-state index in [-0.39, 0.29) is 27.1 Å². The van der Waals surface area contributed by atoms with Crippen LogP contribution in [0, 0.1) is 10.1 Å². The van der Waals surface area contributed by atoms with Gasteiger partial charge >= 0.3 is 168 Å². The molecule has 0 aliphatic carbocycles. The van der Waals surface area contributed by atoms with Crippen LogP contribution in [-0.2, 0) is 12.5 Å². The maximum atomic E-state index is 12.7. The summed E-state index contributed by atoms with van der Waals surface area (Å²) in [5.74, 6) is -0.334. The zero-order valence-electron chi connectivity index (χ0n) is 15.6. The number of carbonyl (C=O) groups excluding carboxylic acids is 1. The number of benzene rings is 3. The third-order valence-corrected chi connectivity index (χ3v) is 7.83. The van der Waals surface area contributed by atoms with Crippen molar-refractivity contribution in [3.63, 3.8) is 0 Å². The number of rotatable bonds is 7. The molecule has 9 heteroatoms. The van der Waals surface area contributed by atoms with Crippen LogP contribution in [-0.4, -0.2) is 36.3 Å². The van der Waals surface area contributed by atoms with Crippen molar-refractivity contribution in [1.82, 2.24) is 0 Å². The van der Waals surface area contributed by atoms with Crippen LogP contribution in [0.4, 0.5) is 11.4 Å². The van der Waals surface area contributed by atoms with Crippen molar-refractivity contribution in [3.05, 3.63) is 94.5 Å². The Morgan fingerprint density at radius 3 is 2.07 bits per heavy atom. The number of amides is 1. The summed E-state index contributed by atoms with van der Waals surface area (Å²) in [6.07, 6.45) is 1.60. The van der Waals surface area contributed by atoms with Crippen LogP contribution in [0.25, 0.3) is 0 Å². The first-order valence-corrected chi connectivity index (χ1v) is 11.9. The van der Waals surface area contributed by atoms with Crippen molar-refractivity contribution in [2.45, 2.75) is 0 Å². The molecule has 3 aromatic rings. The molecule has 0 aliphatic heterocycles. The summed E-state index contributed by atoms with van der Waals surface area (Å²) in [7, 11) is 0. The van der Waals surface area contributed by atoms with Gasteiger partial charge in [0.25, 0.3) is 0 Å². The van der Waals surface area contributed by atoms with E-state index in [1.807, 2.05) is 30.3 Å². The average Bonchev–Trinajstić information content (AvgIpc) is 2.75. The fourth-order valence-corrected chi connectivity index (χ4v) is 5.22. The van der Waals surface area contributed by atoms with Gasteiger partial charge in [-0.05, 0) is 0 Å². The monoisotopic (exact) mass is 471 g/mol. The molecule has 0 heterocycles. The van der Waals surface area contributed by atoms with E-state index in [2.05, 4.69) is 10.3 Å². The molecule has 30 heavy (non-hydrogen) atoms. The summed E-state index contributed by atoms with van der Waals surface area (Å²) in [6.45, 7) is -0.0671. The van der Waals surface area contributed by atoms with Crippen molar-refractivity contribution in [2.24, 2.45) is 4.99 Å². The van der Waals surface area contributed by atoms with Crippen molar-refractivity contribution in [3.8, 4) is 0 Å². The SMILES string of the molecule is O=C(CN=Cc1ccccc1)Nc1ccc([Se](=O)(=O)c2ccc([N+](=O)[O-])cc2)cc1. The first kappa shape index (κ1) is 21.0. The van der Waals surface area contributed by atoms with Gasteiger partial charge in [-0.25, -0.2) is 0 Å². The maximum absolute atomic E-state index is 12.7. The number of nitrogens with zero attached hydrogens (tertiary/aromatic N) is 2. The Kier molecular flexibility index (Phi) is 6.46. The molecule has 0 saturated heterocycles. The molecule has 3 aromatic carbocycles. The van der Waals surface area contributed by atoms with Crippen molar-refractivity contribution in [1.29, 1.82) is 0 Å². The summed E-state index contributed by atoms with van der Waals surface area (Å²) < 4.78 is 25.5. The van der Waals surface area contributed by atoms with Crippen molar-refractivity contribution in [2.75, 3.05) is 11.9 Å². The Labute approximate surface area is 174 Å². The molecule has 0 fully saturated rings. The normalized spacial score (nSPS) is 11.3. The molecule has 0 spiro atoms. The van der Waals surface area contributed by atoms with Gasteiger partial charge in [0.2, 0.25) is 0 Å². The van der Waals surface area contributed by atoms with Gasteiger partial charge in [0, 0.05) is 0 Å². The molecule has 0 aliphatic rings. The summed E-state index contributed by atoms with van der Waals surface area (Å²) in [6, 6.07) is 19.9. The van der Waals surface area contributed by atoms with Crippen LogP contribution in [0.15, 0.2) is 83.9 Å². The van der Waals surface area contributed by atoms with E-state index in [1.165, 1.54) is 36.4 Å². The van der Waals surface area contributed by atoms with Gasteiger partial charge in [0.1, 0.15) is 0 Å². The fourth-order valence-electron chi connectivity index (χ4n) is 2.57. The van der Waals surface area contributed by atoms with Crippen LogP contribution >= 0.6 is 0 Å². The minimum absolute atomic E-state index is 0.0175. The molecule has 0 saturated carbocycles. The zero-order valence-corrected chi connectivity index (χ0v) is 17.3. The van der Waals surface area contributed by atoms with E-state index < -0.39 is 17.6 Å². The average molecular weight is 470 g/mol. The zero-order chi connectivity index (χ0) is 21.6. The number of aliphatic imine (C=N–C) groups is 1. The van der Waals surface area contributed by atoms with E-state index in [0.29, 0.717) is 5.69 Å². The number of nitro groups is 1. The predicted octanol–water partition coefficient (Wildman–Crippen LogP) is 2.07. The molecule has 8 nitrogen and oxygen atoms in total. The third-order valence-electron chi connectivity index (χ3n) is 4.08. The van der Waals surface area contributed by atoms with Crippen molar-refractivity contribution >= 4 is 45.1 Å². The predicted molar refractivity (Wildman–Crippen MR) is 113 cm³/mol. The Bertz CT molecular complexity index is 1170. The van der Waals surface area contributed by atoms with Gasteiger partial charge < -0.3 is 0 Å². The Morgan fingerprint density at radius 1 is 0.933 bits per heavy atom.